The number of piperidine rings is 1. The third-order valence-corrected chi connectivity index (χ3v) is 4.28. The van der Waals surface area contributed by atoms with Gasteiger partial charge in [-0.05, 0) is 18.2 Å². The van der Waals surface area contributed by atoms with Gasteiger partial charge in [-0.2, -0.15) is 0 Å². The first-order valence-electron chi connectivity index (χ1n) is 6.36. The number of carbonyl (C=O) groups is 1. The van der Waals surface area contributed by atoms with Crippen LogP contribution in [-0.4, -0.2) is 43.9 Å². The summed E-state index contributed by atoms with van der Waals surface area (Å²) >= 11 is 12.0. The lowest BCUT2D eigenvalue weighted by Gasteiger charge is -2.39. The summed E-state index contributed by atoms with van der Waals surface area (Å²) in [6, 6.07) is 4.90. The molecule has 1 aliphatic rings. The van der Waals surface area contributed by atoms with E-state index in [1.165, 1.54) is 0 Å². The van der Waals surface area contributed by atoms with Crippen LogP contribution in [0.15, 0.2) is 18.2 Å². The molecule has 4 nitrogen and oxygen atoms in total. The molecule has 0 bridgehead atoms. The van der Waals surface area contributed by atoms with Crippen molar-refractivity contribution < 1.29 is 14.3 Å². The maximum atomic E-state index is 12.5. The second-order valence-corrected chi connectivity index (χ2v) is 5.58. The maximum Gasteiger partial charge on any atom is 0.255 e. The molecule has 1 amide bonds. The van der Waals surface area contributed by atoms with Crippen LogP contribution in [0.5, 0.6) is 0 Å². The Morgan fingerprint density at radius 3 is 2.35 bits per heavy atom. The molecule has 0 aromatic heterocycles. The zero-order valence-corrected chi connectivity index (χ0v) is 13.0. The van der Waals surface area contributed by atoms with Gasteiger partial charge in [0, 0.05) is 45.2 Å². The van der Waals surface area contributed by atoms with Crippen LogP contribution in [0.3, 0.4) is 0 Å². The molecular weight excluding hydrogens is 301 g/mol. The van der Waals surface area contributed by atoms with Gasteiger partial charge in [-0.25, -0.2) is 0 Å². The standard InChI is InChI=1S/C14H17Cl2NO3/c1-19-14(20-2)5-7-17(8-6-14)13(18)11-9-10(15)3-4-12(11)16/h3-4,9H,5-8H2,1-2H3. The van der Waals surface area contributed by atoms with Crippen LogP contribution >= 0.6 is 23.2 Å². The average Bonchev–Trinajstić information content (AvgIpc) is 2.49. The predicted octanol–water partition coefficient (Wildman–Crippen LogP) is 3.22. The number of carbonyl (C=O) groups excluding carboxylic acids is 1. The Balaban J connectivity index is 2.10. The number of nitrogens with zero attached hydrogens (tertiary/aromatic N) is 1. The molecule has 0 aliphatic carbocycles. The molecule has 1 aromatic carbocycles. The van der Waals surface area contributed by atoms with Gasteiger partial charge in [-0.15, -0.1) is 0 Å². The lowest BCUT2D eigenvalue weighted by molar-refractivity contribution is -0.226. The van der Waals surface area contributed by atoms with Gasteiger partial charge in [0.2, 0.25) is 0 Å². The first kappa shape index (κ1) is 15.6. The van der Waals surface area contributed by atoms with E-state index in [0.717, 1.165) is 0 Å². The van der Waals surface area contributed by atoms with Crippen molar-refractivity contribution in [1.29, 1.82) is 0 Å². The molecule has 2 rings (SSSR count). The topological polar surface area (TPSA) is 38.8 Å². The third-order valence-electron chi connectivity index (χ3n) is 3.72. The summed E-state index contributed by atoms with van der Waals surface area (Å²) in [7, 11) is 3.24. The summed E-state index contributed by atoms with van der Waals surface area (Å²) in [6.45, 7) is 1.12. The van der Waals surface area contributed by atoms with Crippen molar-refractivity contribution in [1.82, 2.24) is 4.90 Å². The molecule has 1 saturated heterocycles. The van der Waals surface area contributed by atoms with Crippen LogP contribution in [0.2, 0.25) is 10.0 Å². The Kier molecular flexibility index (Phi) is 4.91. The summed E-state index contributed by atoms with van der Waals surface area (Å²) in [4.78, 5) is 14.2. The van der Waals surface area contributed by atoms with Gasteiger partial charge < -0.3 is 14.4 Å². The lowest BCUT2D eigenvalue weighted by Crippen LogP contribution is -2.48. The van der Waals surface area contributed by atoms with E-state index >= 15 is 0 Å². The van der Waals surface area contributed by atoms with Crippen LogP contribution < -0.4 is 0 Å². The summed E-state index contributed by atoms with van der Waals surface area (Å²) in [5, 5.41) is 0.910. The highest BCUT2D eigenvalue weighted by atomic mass is 35.5. The number of rotatable bonds is 3. The highest BCUT2D eigenvalue weighted by molar-refractivity contribution is 6.35. The van der Waals surface area contributed by atoms with Crippen molar-refractivity contribution in [2.75, 3.05) is 27.3 Å². The molecule has 1 aliphatic heterocycles. The Labute approximate surface area is 128 Å². The first-order chi connectivity index (χ1) is 9.51. The van der Waals surface area contributed by atoms with Crippen molar-refractivity contribution in [3.8, 4) is 0 Å². The molecule has 0 spiro atoms. The average molecular weight is 318 g/mol. The minimum atomic E-state index is -0.588. The number of ether oxygens (including phenoxy) is 2. The van der Waals surface area contributed by atoms with Crippen molar-refractivity contribution in [2.24, 2.45) is 0 Å². The molecule has 0 radical (unpaired) electrons. The van der Waals surface area contributed by atoms with Gasteiger partial charge in [0.1, 0.15) is 0 Å². The van der Waals surface area contributed by atoms with E-state index in [4.69, 9.17) is 32.7 Å². The highest BCUT2D eigenvalue weighted by Crippen LogP contribution is 2.29. The molecule has 20 heavy (non-hydrogen) atoms. The first-order valence-corrected chi connectivity index (χ1v) is 7.11. The van der Waals surface area contributed by atoms with E-state index < -0.39 is 5.79 Å². The molecule has 110 valence electrons. The van der Waals surface area contributed by atoms with E-state index in [2.05, 4.69) is 0 Å². The minimum Gasteiger partial charge on any atom is -0.353 e. The molecule has 1 fully saturated rings. The van der Waals surface area contributed by atoms with Crippen molar-refractivity contribution >= 4 is 29.1 Å². The molecule has 0 N–H and O–H groups in total. The molecular formula is C14H17Cl2NO3. The summed E-state index contributed by atoms with van der Waals surface area (Å²) in [6.07, 6.45) is 1.26. The Bertz CT molecular complexity index is 493. The van der Waals surface area contributed by atoms with Gasteiger partial charge in [0.15, 0.2) is 5.79 Å². The fourth-order valence-corrected chi connectivity index (χ4v) is 2.74. The largest absolute Gasteiger partial charge is 0.353 e. The SMILES string of the molecule is COC1(OC)CCN(C(=O)c2cc(Cl)ccc2Cl)CC1. The molecule has 0 atom stereocenters. The van der Waals surface area contributed by atoms with Gasteiger partial charge in [0.25, 0.3) is 5.91 Å². The van der Waals surface area contributed by atoms with E-state index in [-0.39, 0.29) is 5.91 Å². The Morgan fingerprint density at radius 2 is 1.80 bits per heavy atom. The Hall–Kier alpha value is -0.810. The highest BCUT2D eigenvalue weighted by Gasteiger charge is 2.36. The molecule has 6 heteroatoms. The minimum absolute atomic E-state index is 0.113. The number of halogens is 2. The van der Waals surface area contributed by atoms with Crippen LogP contribution in [0.1, 0.15) is 23.2 Å². The van der Waals surface area contributed by atoms with Crippen LogP contribution in [0, 0.1) is 0 Å². The number of likely N-dealkylation sites (tertiary alicyclic amines) is 1. The van der Waals surface area contributed by atoms with E-state index in [9.17, 15) is 4.79 Å². The molecule has 0 saturated carbocycles. The number of benzene rings is 1. The maximum absolute atomic E-state index is 12.5. The number of methoxy groups -OCH3 is 2. The van der Waals surface area contributed by atoms with Crippen LogP contribution in [0.25, 0.3) is 0 Å². The molecule has 1 aromatic rings. The number of hydrogen-bond acceptors (Lipinski definition) is 3. The summed E-state index contributed by atoms with van der Waals surface area (Å²) in [5.41, 5.74) is 0.432. The zero-order chi connectivity index (χ0) is 14.8. The fraction of sp³-hybridized carbons (Fsp3) is 0.500. The lowest BCUT2D eigenvalue weighted by atomic mass is 10.0. The van der Waals surface area contributed by atoms with Gasteiger partial charge in [-0.1, -0.05) is 23.2 Å². The van der Waals surface area contributed by atoms with Gasteiger partial charge in [0.05, 0.1) is 10.6 Å². The number of amides is 1. The number of hydrogen-bond donors (Lipinski definition) is 0. The second-order valence-electron chi connectivity index (χ2n) is 4.74. The smallest absolute Gasteiger partial charge is 0.255 e. The zero-order valence-electron chi connectivity index (χ0n) is 11.5. The van der Waals surface area contributed by atoms with Crippen molar-refractivity contribution in [3.05, 3.63) is 33.8 Å². The Morgan fingerprint density at radius 1 is 1.20 bits per heavy atom. The van der Waals surface area contributed by atoms with E-state index in [1.807, 2.05) is 0 Å². The second kappa shape index (κ2) is 6.31. The summed E-state index contributed by atoms with van der Waals surface area (Å²) < 4.78 is 10.8. The molecule has 1 heterocycles. The quantitative estimate of drug-likeness (QED) is 0.803. The summed E-state index contributed by atoms with van der Waals surface area (Å²) in [5.74, 6) is -0.701. The van der Waals surface area contributed by atoms with Gasteiger partial charge >= 0.3 is 0 Å². The molecule has 0 unspecified atom stereocenters. The van der Waals surface area contributed by atoms with Crippen molar-refractivity contribution in [2.45, 2.75) is 18.6 Å². The van der Waals surface area contributed by atoms with E-state index in [1.54, 1.807) is 37.3 Å². The van der Waals surface area contributed by atoms with E-state index in [0.29, 0.717) is 41.5 Å². The normalized spacial score (nSPS) is 18.1. The van der Waals surface area contributed by atoms with Crippen LogP contribution in [0.4, 0.5) is 0 Å². The van der Waals surface area contributed by atoms with Crippen molar-refractivity contribution in [3.63, 3.8) is 0 Å². The predicted molar refractivity (Wildman–Crippen MR) is 78.3 cm³/mol. The third kappa shape index (κ3) is 3.09. The van der Waals surface area contributed by atoms with Gasteiger partial charge in [-0.3, -0.25) is 4.79 Å². The fourth-order valence-electron chi connectivity index (χ4n) is 2.37. The van der Waals surface area contributed by atoms with Crippen LogP contribution in [-0.2, 0) is 9.47 Å². The monoisotopic (exact) mass is 317 g/mol.